The highest BCUT2D eigenvalue weighted by Gasteiger charge is 2.41. The normalized spacial score (nSPS) is 16.4. The number of aliphatic carboxylic acids is 1. The highest BCUT2D eigenvalue weighted by atomic mass is 19.1. The number of hydrogen-bond acceptors (Lipinski definition) is 2. The molecule has 0 radical (unpaired) electrons. The first-order valence-corrected chi connectivity index (χ1v) is 4.30. The molecule has 2 N–H and O–H groups in total. The Morgan fingerprint density at radius 3 is 2.40 bits per heavy atom. The Hall–Kier alpha value is -1.68. The van der Waals surface area contributed by atoms with Gasteiger partial charge in [-0.15, -0.1) is 0 Å². The predicted octanol–water partition coefficient (Wildman–Crippen LogP) is 1.48. The fraction of sp³-hybridized carbons (Fsp3) is 0.182. The van der Waals surface area contributed by atoms with E-state index in [1.807, 2.05) is 0 Å². The van der Waals surface area contributed by atoms with Gasteiger partial charge in [0.15, 0.2) is 0 Å². The lowest BCUT2D eigenvalue weighted by Crippen LogP contribution is -2.39. The van der Waals surface area contributed by atoms with Crippen LogP contribution in [0.4, 0.5) is 4.39 Å². The number of carboxylic acid groups (broad SMARTS) is 1. The van der Waals surface area contributed by atoms with Crippen LogP contribution in [0.2, 0.25) is 0 Å². The molecule has 2 atom stereocenters. The van der Waals surface area contributed by atoms with Crippen molar-refractivity contribution in [3.8, 4) is 0 Å². The molecule has 0 spiro atoms. The molecule has 0 fully saturated rings. The highest BCUT2D eigenvalue weighted by molar-refractivity contribution is 5.74. The van der Waals surface area contributed by atoms with Crippen molar-refractivity contribution in [2.75, 3.05) is 0 Å². The Bertz CT molecular complexity index is 363. The maximum absolute atomic E-state index is 13.3. The fourth-order valence-corrected chi connectivity index (χ4v) is 1.26. The van der Waals surface area contributed by atoms with Gasteiger partial charge in [-0.1, -0.05) is 43.0 Å². The second-order valence-corrected chi connectivity index (χ2v) is 3.10. The second kappa shape index (κ2) is 4.23. The van der Waals surface area contributed by atoms with E-state index >= 15 is 0 Å². The minimum atomic E-state index is -2.43. The third-order valence-electron chi connectivity index (χ3n) is 2.15. The highest BCUT2D eigenvalue weighted by Crippen LogP contribution is 2.28. The molecule has 0 aliphatic heterocycles. The van der Waals surface area contributed by atoms with Gasteiger partial charge in [0.25, 0.3) is 0 Å². The van der Waals surface area contributed by atoms with E-state index in [1.54, 1.807) is 18.2 Å². The molecule has 4 heteroatoms. The number of alkyl halides is 1. The lowest BCUT2D eigenvalue weighted by Gasteiger charge is -2.25. The van der Waals surface area contributed by atoms with Crippen molar-refractivity contribution < 1.29 is 19.4 Å². The van der Waals surface area contributed by atoms with Gasteiger partial charge in [0, 0.05) is 0 Å². The van der Waals surface area contributed by atoms with Gasteiger partial charge in [-0.05, 0) is 5.56 Å². The van der Waals surface area contributed by atoms with Crippen LogP contribution in [0.15, 0.2) is 43.0 Å². The summed E-state index contributed by atoms with van der Waals surface area (Å²) in [5.41, 5.74) is -2.03. The number of hydrogen-bond donors (Lipinski definition) is 2. The van der Waals surface area contributed by atoms with E-state index in [4.69, 9.17) is 5.11 Å². The Morgan fingerprint density at radius 1 is 1.47 bits per heavy atom. The van der Waals surface area contributed by atoms with Gasteiger partial charge in [0.1, 0.15) is 5.60 Å². The van der Waals surface area contributed by atoms with Crippen molar-refractivity contribution >= 4 is 5.97 Å². The molecule has 0 aliphatic carbocycles. The quantitative estimate of drug-likeness (QED) is 0.740. The minimum Gasteiger partial charge on any atom is -0.479 e. The summed E-state index contributed by atoms with van der Waals surface area (Å²) in [4.78, 5) is 10.5. The molecular formula is C11H11FO3. The van der Waals surface area contributed by atoms with Crippen LogP contribution in [0.1, 0.15) is 5.56 Å². The van der Waals surface area contributed by atoms with Gasteiger partial charge in [-0.2, -0.15) is 0 Å². The van der Waals surface area contributed by atoms with E-state index in [9.17, 15) is 14.3 Å². The molecule has 0 saturated carbocycles. The first-order chi connectivity index (χ1) is 7.02. The van der Waals surface area contributed by atoms with Gasteiger partial charge in [-0.25, -0.2) is 9.18 Å². The van der Waals surface area contributed by atoms with E-state index in [0.717, 1.165) is 6.08 Å². The summed E-state index contributed by atoms with van der Waals surface area (Å²) in [6.07, 6.45) is -1.54. The first kappa shape index (κ1) is 11.4. The maximum atomic E-state index is 13.3. The zero-order valence-electron chi connectivity index (χ0n) is 7.93. The molecule has 15 heavy (non-hydrogen) atoms. The summed E-state index contributed by atoms with van der Waals surface area (Å²) in [6.45, 7) is 3.26. The molecule has 0 aliphatic rings. The van der Waals surface area contributed by atoms with Crippen molar-refractivity contribution in [3.05, 3.63) is 48.6 Å². The molecule has 0 amide bonds. The molecule has 1 aromatic carbocycles. The van der Waals surface area contributed by atoms with Crippen molar-refractivity contribution in [2.45, 2.75) is 11.8 Å². The van der Waals surface area contributed by atoms with E-state index in [-0.39, 0.29) is 5.56 Å². The van der Waals surface area contributed by atoms with E-state index in [0.29, 0.717) is 0 Å². The van der Waals surface area contributed by atoms with Crippen molar-refractivity contribution in [2.24, 2.45) is 0 Å². The smallest absolute Gasteiger partial charge is 0.342 e. The zero-order valence-corrected chi connectivity index (χ0v) is 7.93. The molecule has 0 saturated heterocycles. The van der Waals surface area contributed by atoms with Crippen LogP contribution in [0.25, 0.3) is 0 Å². The molecule has 3 nitrogen and oxygen atoms in total. The van der Waals surface area contributed by atoms with Crippen LogP contribution in [0.5, 0.6) is 0 Å². The standard InChI is InChI=1S/C11H11FO3/c1-2-11(15,9(12)10(13)14)8-6-4-3-5-7-8/h2-7,9,15H,1H2,(H,13,14). The van der Waals surface area contributed by atoms with E-state index in [1.165, 1.54) is 12.1 Å². The Labute approximate surface area is 86.5 Å². The van der Waals surface area contributed by atoms with Crippen LogP contribution in [-0.2, 0) is 10.4 Å². The SMILES string of the molecule is C=CC(O)(c1ccccc1)C(F)C(=O)O. The maximum Gasteiger partial charge on any atom is 0.342 e. The number of aliphatic hydroxyl groups is 1. The summed E-state index contributed by atoms with van der Waals surface area (Å²) in [6, 6.07) is 7.73. The Kier molecular flexibility index (Phi) is 3.21. The number of halogens is 1. The topological polar surface area (TPSA) is 57.5 Å². The average molecular weight is 210 g/mol. The first-order valence-electron chi connectivity index (χ1n) is 4.30. The zero-order chi connectivity index (χ0) is 11.5. The average Bonchev–Trinajstić information content (AvgIpc) is 2.28. The predicted molar refractivity (Wildman–Crippen MR) is 53.1 cm³/mol. The third kappa shape index (κ3) is 2.05. The second-order valence-electron chi connectivity index (χ2n) is 3.10. The van der Waals surface area contributed by atoms with Crippen LogP contribution in [0, 0.1) is 0 Å². The monoisotopic (exact) mass is 210 g/mol. The fourth-order valence-electron chi connectivity index (χ4n) is 1.26. The molecule has 0 bridgehead atoms. The molecule has 1 rings (SSSR count). The van der Waals surface area contributed by atoms with Gasteiger partial charge in [-0.3, -0.25) is 0 Å². The molecule has 2 unspecified atom stereocenters. The van der Waals surface area contributed by atoms with Crippen molar-refractivity contribution in [1.29, 1.82) is 0 Å². The largest absolute Gasteiger partial charge is 0.479 e. The summed E-state index contributed by atoms with van der Waals surface area (Å²) < 4.78 is 13.3. The molecule has 80 valence electrons. The van der Waals surface area contributed by atoms with Crippen molar-refractivity contribution in [1.82, 2.24) is 0 Å². The van der Waals surface area contributed by atoms with Crippen LogP contribution in [-0.4, -0.2) is 22.4 Å². The Morgan fingerprint density at radius 2 is 2.00 bits per heavy atom. The van der Waals surface area contributed by atoms with Gasteiger partial charge in [0.05, 0.1) is 0 Å². The number of carboxylic acids is 1. The van der Waals surface area contributed by atoms with Crippen molar-refractivity contribution in [3.63, 3.8) is 0 Å². The minimum absolute atomic E-state index is 0.162. The molecule has 0 heterocycles. The molecule has 1 aromatic rings. The lowest BCUT2D eigenvalue weighted by molar-refractivity contribution is -0.151. The third-order valence-corrected chi connectivity index (χ3v) is 2.15. The van der Waals surface area contributed by atoms with Crippen LogP contribution < -0.4 is 0 Å². The van der Waals surface area contributed by atoms with Gasteiger partial charge >= 0.3 is 5.97 Å². The van der Waals surface area contributed by atoms with Crippen LogP contribution in [0.3, 0.4) is 0 Å². The number of benzene rings is 1. The summed E-state index contributed by atoms with van der Waals surface area (Å²) in [5.74, 6) is -1.72. The molecular weight excluding hydrogens is 199 g/mol. The van der Waals surface area contributed by atoms with E-state index in [2.05, 4.69) is 6.58 Å². The molecule has 0 aromatic heterocycles. The number of rotatable bonds is 4. The summed E-state index contributed by atoms with van der Waals surface area (Å²) in [7, 11) is 0. The number of carbonyl (C=O) groups is 1. The van der Waals surface area contributed by atoms with E-state index < -0.39 is 17.7 Å². The lowest BCUT2D eigenvalue weighted by atomic mass is 9.89. The summed E-state index contributed by atoms with van der Waals surface area (Å²) in [5, 5.41) is 18.4. The van der Waals surface area contributed by atoms with Crippen LogP contribution >= 0.6 is 0 Å². The van der Waals surface area contributed by atoms with Gasteiger partial charge < -0.3 is 10.2 Å². The summed E-state index contributed by atoms with van der Waals surface area (Å²) >= 11 is 0. The van der Waals surface area contributed by atoms with Gasteiger partial charge in [0.2, 0.25) is 6.17 Å². The Balaban J connectivity index is 3.16.